The topological polar surface area (TPSA) is 154 Å². The molecular weight excluding hydrogens is 414 g/mol. The van der Waals surface area contributed by atoms with Gasteiger partial charge in [0.05, 0.1) is 6.04 Å². The van der Waals surface area contributed by atoms with Crippen LogP contribution in [0.25, 0.3) is 0 Å². The third kappa shape index (κ3) is 6.90. The second-order valence-electron chi connectivity index (χ2n) is 8.89. The van der Waals surface area contributed by atoms with Crippen LogP contribution < -0.4 is 21.7 Å². The first kappa shape index (κ1) is 26.1. The zero-order valence-corrected chi connectivity index (χ0v) is 19.3. The molecule has 5 unspecified atom stereocenters. The second-order valence-corrected chi connectivity index (χ2v) is 8.89. The summed E-state index contributed by atoms with van der Waals surface area (Å²) in [6.07, 6.45) is 5.24. The lowest BCUT2D eigenvalue weighted by Crippen LogP contribution is -2.57. The Bertz CT molecular complexity index is 667. The number of amides is 3. The van der Waals surface area contributed by atoms with Gasteiger partial charge in [0.1, 0.15) is 18.1 Å². The van der Waals surface area contributed by atoms with Crippen molar-refractivity contribution in [2.24, 2.45) is 11.7 Å². The number of carboxylic acid groups (broad SMARTS) is 1. The number of nitrogens with zero attached hydrogens (tertiary/aromatic N) is 1. The smallest absolute Gasteiger partial charge is 0.326 e. The van der Waals surface area contributed by atoms with Gasteiger partial charge >= 0.3 is 5.97 Å². The summed E-state index contributed by atoms with van der Waals surface area (Å²) in [5, 5.41) is 18.1. The third-order valence-electron chi connectivity index (χ3n) is 6.55. The van der Waals surface area contributed by atoms with Crippen LogP contribution in [0, 0.1) is 5.92 Å². The van der Waals surface area contributed by atoms with Gasteiger partial charge in [0, 0.05) is 6.54 Å². The fourth-order valence-corrected chi connectivity index (χ4v) is 4.37. The molecule has 0 aliphatic carbocycles. The number of carboxylic acids is 1. The lowest BCUT2D eigenvalue weighted by atomic mass is 9.98. The van der Waals surface area contributed by atoms with E-state index in [0.717, 1.165) is 25.8 Å². The molecule has 3 amide bonds. The monoisotopic (exact) mass is 453 g/mol. The summed E-state index contributed by atoms with van der Waals surface area (Å²) in [7, 11) is 0. The Morgan fingerprint density at radius 3 is 2.50 bits per heavy atom. The van der Waals surface area contributed by atoms with Crippen molar-refractivity contribution >= 4 is 23.7 Å². The van der Waals surface area contributed by atoms with Gasteiger partial charge in [0.2, 0.25) is 17.7 Å². The molecule has 0 saturated carbocycles. The Morgan fingerprint density at radius 1 is 1.16 bits per heavy atom. The number of aliphatic carboxylic acids is 1. The van der Waals surface area contributed by atoms with E-state index in [2.05, 4.69) is 16.0 Å². The van der Waals surface area contributed by atoms with E-state index in [-0.39, 0.29) is 23.8 Å². The highest BCUT2D eigenvalue weighted by Crippen LogP contribution is 2.21. The van der Waals surface area contributed by atoms with Gasteiger partial charge in [0.15, 0.2) is 0 Å². The molecule has 0 aromatic heterocycles. The second kappa shape index (κ2) is 12.7. The summed E-state index contributed by atoms with van der Waals surface area (Å²) >= 11 is 0. The number of nitrogens with two attached hydrogens (primary N) is 1. The highest BCUT2D eigenvalue weighted by molar-refractivity contribution is 5.94. The van der Waals surface area contributed by atoms with E-state index in [1.165, 1.54) is 0 Å². The molecule has 0 radical (unpaired) electrons. The van der Waals surface area contributed by atoms with Crippen molar-refractivity contribution in [2.45, 2.75) is 89.4 Å². The van der Waals surface area contributed by atoms with Gasteiger partial charge in [-0.2, -0.15) is 0 Å². The maximum Gasteiger partial charge on any atom is 0.326 e. The lowest BCUT2D eigenvalue weighted by Gasteiger charge is -2.29. The molecule has 2 aliphatic rings. The number of carbonyl (C=O) groups excluding carboxylic acids is 3. The summed E-state index contributed by atoms with van der Waals surface area (Å²) in [6.45, 7) is 5.41. The molecule has 5 atom stereocenters. The van der Waals surface area contributed by atoms with Crippen molar-refractivity contribution in [3.05, 3.63) is 0 Å². The summed E-state index contributed by atoms with van der Waals surface area (Å²) < 4.78 is 0. The number of rotatable bonds is 12. The predicted molar refractivity (Wildman–Crippen MR) is 120 cm³/mol. The molecule has 32 heavy (non-hydrogen) atoms. The van der Waals surface area contributed by atoms with Crippen molar-refractivity contribution in [3.8, 4) is 0 Å². The van der Waals surface area contributed by atoms with Gasteiger partial charge in [-0.3, -0.25) is 14.4 Å². The van der Waals surface area contributed by atoms with Crippen LogP contribution in [0.15, 0.2) is 0 Å². The Kier molecular flexibility index (Phi) is 10.4. The number of unbranched alkanes of at least 4 members (excludes halogenated alkanes) is 1. The van der Waals surface area contributed by atoms with Crippen molar-refractivity contribution in [2.75, 3.05) is 19.6 Å². The van der Waals surface area contributed by atoms with Crippen LogP contribution in [0.3, 0.4) is 0 Å². The summed E-state index contributed by atoms with van der Waals surface area (Å²) in [6, 6.07) is -2.76. The molecule has 0 aromatic rings. The normalized spacial score (nSPS) is 23.4. The van der Waals surface area contributed by atoms with Crippen LogP contribution >= 0.6 is 0 Å². The zero-order valence-electron chi connectivity index (χ0n) is 19.3. The minimum atomic E-state index is -1.10. The SMILES string of the molecule is CCC(C)C(NC(=O)C(CCCCN)NC(=O)C1CCCN1C(=O)C1CCCN1)C(=O)O. The van der Waals surface area contributed by atoms with E-state index in [9.17, 15) is 24.3 Å². The Balaban J connectivity index is 2.07. The number of carbonyl (C=O) groups is 4. The standard InChI is InChI=1S/C22H39N5O5/c1-3-14(2)18(22(31)32)26-19(28)15(8-4-5-11-23)25-20(29)17-10-7-13-27(17)21(30)16-9-6-12-24-16/h14-18,24H,3-13,23H2,1-2H3,(H,25,29)(H,26,28)(H,31,32). The van der Waals surface area contributed by atoms with E-state index in [4.69, 9.17) is 5.73 Å². The lowest BCUT2D eigenvalue weighted by molar-refractivity contribution is -0.144. The van der Waals surface area contributed by atoms with E-state index in [1.807, 2.05) is 6.92 Å². The van der Waals surface area contributed by atoms with Gasteiger partial charge in [-0.25, -0.2) is 4.79 Å². The van der Waals surface area contributed by atoms with Crippen LogP contribution in [0.2, 0.25) is 0 Å². The summed E-state index contributed by atoms with van der Waals surface area (Å²) in [5.41, 5.74) is 5.57. The quantitative estimate of drug-likeness (QED) is 0.260. The van der Waals surface area contributed by atoms with Crippen LogP contribution in [-0.4, -0.2) is 77.5 Å². The van der Waals surface area contributed by atoms with Crippen molar-refractivity contribution < 1.29 is 24.3 Å². The van der Waals surface area contributed by atoms with E-state index < -0.39 is 30.0 Å². The average molecular weight is 454 g/mol. The predicted octanol–water partition coefficient (Wildman–Crippen LogP) is -0.0413. The fraction of sp³-hybridized carbons (Fsp3) is 0.818. The maximum atomic E-state index is 13.1. The molecule has 0 aromatic carbocycles. The maximum absolute atomic E-state index is 13.1. The summed E-state index contributed by atoms with van der Waals surface area (Å²) in [4.78, 5) is 52.1. The van der Waals surface area contributed by atoms with Gasteiger partial charge in [0.25, 0.3) is 0 Å². The van der Waals surface area contributed by atoms with Gasteiger partial charge in [-0.1, -0.05) is 20.3 Å². The molecule has 182 valence electrons. The summed E-state index contributed by atoms with van der Waals surface area (Å²) in [5.74, 6) is -2.30. The molecule has 0 bridgehead atoms. The van der Waals surface area contributed by atoms with E-state index >= 15 is 0 Å². The van der Waals surface area contributed by atoms with Gasteiger partial charge in [-0.15, -0.1) is 0 Å². The number of hydrogen-bond acceptors (Lipinski definition) is 6. The third-order valence-corrected chi connectivity index (χ3v) is 6.55. The number of nitrogens with one attached hydrogen (secondary N) is 3. The van der Waals surface area contributed by atoms with Crippen LogP contribution in [-0.2, 0) is 19.2 Å². The number of likely N-dealkylation sites (tertiary alicyclic amines) is 1. The molecule has 2 fully saturated rings. The highest BCUT2D eigenvalue weighted by atomic mass is 16.4. The van der Waals surface area contributed by atoms with Crippen LogP contribution in [0.1, 0.15) is 65.2 Å². The van der Waals surface area contributed by atoms with Crippen LogP contribution in [0.4, 0.5) is 0 Å². The van der Waals surface area contributed by atoms with Crippen molar-refractivity contribution in [3.63, 3.8) is 0 Å². The molecule has 2 rings (SSSR count). The van der Waals surface area contributed by atoms with E-state index in [0.29, 0.717) is 45.2 Å². The highest BCUT2D eigenvalue weighted by Gasteiger charge is 2.39. The average Bonchev–Trinajstić information content (AvgIpc) is 3.47. The first-order valence-electron chi connectivity index (χ1n) is 11.9. The fourth-order valence-electron chi connectivity index (χ4n) is 4.37. The molecule has 0 spiro atoms. The molecule has 2 saturated heterocycles. The van der Waals surface area contributed by atoms with Gasteiger partial charge in [-0.05, 0) is 64.0 Å². The van der Waals surface area contributed by atoms with E-state index in [1.54, 1.807) is 11.8 Å². The minimum Gasteiger partial charge on any atom is -0.480 e. The number of hydrogen-bond donors (Lipinski definition) is 5. The Morgan fingerprint density at radius 2 is 1.91 bits per heavy atom. The molecule has 2 heterocycles. The molecule has 10 nitrogen and oxygen atoms in total. The largest absolute Gasteiger partial charge is 0.480 e. The molecule has 2 aliphatic heterocycles. The molecular formula is C22H39N5O5. The first-order chi connectivity index (χ1) is 15.3. The van der Waals surface area contributed by atoms with Crippen molar-refractivity contribution in [1.29, 1.82) is 0 Å². The first-order valence-corrected chi connectivity index (χ1v) is 11.9. The minimum absolute atomic E-state index is 0.0630. The Hall–Kier alpha value is -2.20. The Labute approximate surface area is 190 Å². The zero-order chi connectivity index (χ0) is 23.7. The van der Waals surface area contributed by atoms with Crippen LogP contribution in [0.5, 0.6) is 0 Å². The molecule has 6 N–H and O–H groups in total. The van der Waals surface area contributed by atoms with Gasteiger partial charge < -0.3 is 31.7 Å². The molecule has 10 heteroatoms. The van der Waals surface area contributed by atoms with Crippen molar-refractivity contribution in [1.82, 2.24) is 20.9 Å².